The van der Waals surface area contributed by atoms with Crippen LogP contribution in [0.3, 0.4) is 0 Å². The second-order valence-corrected chi connectivity index (χ2v) is 12.5. The SMILES string of the molecule is Cc1cc(C)nc(SCc2cc(-c3ccc(N4CCN(C)CC4)nc3)sc2-c2ccc(C(C)(C)O)cc2)n1. The quantitative estimate of drug-likeness (QED) is 0.221. The van der Waals surface area contributed by atoms with E-state index in [-0.39, 0.29) is 0 Å². The molecule has 1 aromatic carbocycles. The van der Waals surface area contributed by atoms with Gasteiger partial charge in [0.05, 0.1) is 5.60 Å². The lowest BCUT2D eigenvalue weighted by molar-refractivity contribution is 0.0786. The summed E-state index contributed by atoms with van der Waals surface area (Å²) in [5.41, 5.74) is 5.53. The van der Waals surface area contributed by atoms with Gasteiger partial charge in [-0.05, 0) is 75.7 Å². The van der Waals surface area contributed by atoms with Crippen molar-refractivity contribution >= 4 is 28.9 Å². The molecule has 0 spiro atoms. The first kappa shape index (κ1) is 26.8. The molecule has 3 aromatic heterocycles. The van der Waals surface area contributed by atoms with E-state index in [9.17, 15) is 5.11 Å². The minimum atomic E-state index is -0.866. The highest BCUT2D eigenvalue weighted by molar-refractivity contribution is 7.98. The molecule has 0 saturated carbocycles. The number of thiophene rings is 1. The van der Waals surface area contributed by atoms with Crippen LogP contribution in [0, 0.1) is 13.8 Å². The van der Waals surface area contributed by atoms with E-state index in [0.717, 1.165) is 71.0 Å². The van der Waals surface area contributed by atoms with Gasteiger partial charge in [0.15, 0.2) is 5.16 Å². The summed E-state index contributed by atoms with van der Waals surface area (Å²) >= 11 is 3.45. The van der Waals surface area contributed by atoms with Gasteiger partial charge in [-0.1, -0.05) is 36.0 Å². The highest BCUT2D eigenvalue weighted by Gasteiger charge is 2.19. The van der Waals surface area contributed by atoms with Crippen molar-refractivity contribution < 1.29 is 5.11 Å². The number of anilines is 1. The number of thioether (sulfide) groups is 1. The van der Waals surface area contributed by atoms with Crippen molar-refractivity contribution in [3.05, 3.63) is 77.2 Å². The standard InChI is InChI=1S/C30H35N5OS2/c1-20-16-21(2)33-29(32-20)37-19-24-17-26(38-28(24)22-6-9-25(10-7-22)30(3,4)36)23-8-11-27(31-18-23)35-14-12-34(5)13-15-35/h6-11,16-18,36H,12-15,19H2,1-5H3. The molecule has 0 radical (unpaired) electrons. The molecule has 1 fully saturated rings. The molecular weight excluding hydrogens is 510 g/mol. The third-order valence-corrected chi connectivity index (χ3v) is 9.01. The monoisotopic (exact) mass is 545 g/mol. The zero-order valence-corrected chi connectivity index (χ0v) is 24.4. The maximum atomic E-state index is 10.4. The lowest BCUT2D eigenvalue weighted by atomic mass is 9.97. The highest BCUT2D eigenvalue weighted by atomic mass is 32.2. The summed E-state index contributed by atoms with van der Waals surface area (Å²) < 4.78 is 0. The number of aromatic nitrogens is 3. The Balaban J connectivity index is 1.44. The molecule has 0 unspecified atom stereocenters. The Kier molecular flexibility index (Phi) is 7.86. The van der Waals surface area contributed by atoms with Gasteiger partial charge in [-0.25, -0.2) is 15.0 Å². The summed E-state index contributed by atoms with van der Waals surface area (Å²) in [5.74, 6) is 1.82. The second-order valence-electron chi connectivity index (χ2n) is 10.5. The summed E-state index contributed by atoms with van der Waals surface area (Å²) in [6, 6.07) is 16.9. The van der Waals surface area contributed by atoms with Gasteiger partial charge in [-0.15, -0.1) is 11.3 Å². The number of hydrogen-bond acceptors (Lipinski definition) is 8. The molecule has 4 heterocycles. The van der Waals surface area contributed by atoms with Gasteiger partial charge in [-0.3, -0.25) is 0 Å². The van der Waals surface area contributed by atoms with Crippen LogP contribution in [-0.4, -0.2) is 58.2 Å². The van der Waals surface area contributed by atoms with Crippen molar-refractivity contribution in [1.29, 1.82) is 0 Å². The number of piperazine rings is 1. The summed E-state index contributed by atoms with van der Waals surface area (Å²) in [4.78, 5) is 21.2. The topological polar surface area (TPSA) is 65.4 Å². The first-order valence-corrected chi connectivity index (χ1v) is 14.8. The largest absolute Gasteiger partial charge is 0.386 e. The highest BCUT2D eigenvalue weighted by Crippen LogP contribution is 2.41. The first-order chi connectivity index (χ1) is 18.2. The lowest BCUT2D eigenvalue weighted by Crippen LogP contribution is -2.44. The van der Waals surface area contributed by atoms with Crippen molar-refractivity contribution in [2.75, 3.05) is 38.1 Å². The summed E-state index contributed by atoms with van der Waals surface area (Å²) in [6.45, 7) is 11.8. The van der Waals surface area contributed by atoms with Gasteiger partial charge in [0.25, 0.3) is 0 Å². The van der Waals surface area contributed by atoms with Gasteiger partial charge < -0.3 is 14.9 Å². The molecule has 0 atom stereocenters. The fourth-order valence-electron chi connectivity index (χ4n) is 4.61. The van der Waals surface area contributed by atoms with Crippen LogP contribution in [0.25, 0.3) is 20.9 Å². The number of benzene rings is 1. The third-order valence-electron chi connectivity index (χ3n) is 6.84. The molecule has 0 amide bonds. The molecule has 8 heteroatoms. The molecule has 4 aromatic rings. The van der Waals surface area contributed by atoms with E-state index in [1.165, 1.54) is 15.3 Å². The Morgan fingerprint density at radius 3 is 2.18 bits per heavy atom. The van der Waals surface area contributed by atoms with E-state index in [0.29, 0.717) is 0 Å². The number of pyridine rings is 1. The van der Waals surface area contributed by atoms with Gasteiger partial charge in [0.1, 0.15) is 5.82 Å². The number of rotatable bonds is 7. The average Bonchev–Trinajstić information content (AvgIpc) is 3.31. The summed E-state index contributed by atoms with van der Waals surface area (Å²) in [7, 11) is 2.17. The third kappa shape index (κ3) is 6.26. The van der Waals surface area contributed by atoms with Gasteiger partial charge in [0, 0.05) is 64.8 Å². The Bertz CT molecular complexity index is 1370. The van der Waals surface area contributed by atoms with Crippen molar-refractivity contribution in [2.24, 2.45) is 0 Å². The maximum Gasteiger partial charge on any atom is 0.188 e. The van der Waals surface area contributed by atoms with Crippen LogP contribution in [0.4, 0.5) is 5.82 Å². The fourth-order valence-corrected chi connectivity index (χ4v) is 6.80. The van der Waals surface area contributed by atoms with E-state index in [4.69, 9.17) is 4.98 Å². The van der Waals surface area contributed by atoms with Crippen molar-refractivity contribution in [1.82, 2.24) is 19.9 Å². The van der Waals surface area contributed by atoms with E-state index in [2.05, 4.69) is 57.1 Å². The number of aryl methyl sites for hydroxylation is 2. The van der Waals surface area contributed by atoms with Crippen LogP contribution in [-0.2, 0) is 11.4 Å². The van der Waals surface area contributed by atoms with Gasteiger partial charge in [0.2, 0.25) is 0 Å². The van der Waals surface area contributed by atoms with E-state index < -0.39 is 5.60 Å². The van der Waals surface area contributed by atoms with Gasteiger partial charge in [-0.2, -0.15) is 0 Å². The predicted octanol–water partition coefficient (Wildman–Crippen LogP) is 6.16. The number of aliphatic hydroxyl groups is 1. The van der Waals surface area contributed by atoms with Crippen LogP contribution in [0.1, 0.15) is 36.4 Å². The minimum Gasteiger partial charge on any atom is -0.386 e. The first-order valence-electron chi connectivity index (χ1n) is 13.0. The molecule has 5 rings (SSSR count). The Labute approximate surface area is 233 Å². The number of nitrogens with zero attached hydrogens (tertiary/aromatic N) is 5. The van der Waals surface area contributed by atoms with Crippen LogP contribution in [0.2, 0.25) is 0 Å². The lowest BCUT2D eigenvalue weighted by Gasteiger charge is -2.33. The number of likely N-dealkylation sites (N-methyl/N-ethyl adjacent to an activating group) is 1. The molecule has 0 aliphatic carbocycles. The smallest absolute Gasteiger partial charge is 0.188 e. The molecule has 1 aliphatic heterocycles. The Hall–Kier alpha value is -2.78. The molecule has 1 N–H and O–H groups in total. The Morgan fingerprint density at radius 2 is 1.58 bits per heavy atom. The number of hydrogen-bond donors (Lipinski definition) is 1. The minimum absolute atomic E-state index is 0.773. The molecule has 0 bridgehead atoms. The molecule has 1 saturated heterocycles. The Morgan fingerprint density at radius 1 is 0.921 bits per heavy atom. The maximum absolute atomic E-state index is 10.4. The van der Waals surface area contributed by atoms with Crippen LogP contribution >= 0.6 is 23.1 Å². The van der Waals surface area contributed by atoms with E-state index in [1.54, 1.807) is 23.1 Å². The zero-order chi connectivity index (χ0) is 26.9. The van der Waals surface area contributed by atoms with Crippen LogP contribution < -0.4 is 4.90 Å². The van der Waals surface area contributed by atoms with Crippen molar-refractivity contribution in [3.63, 3.8) is 0 Å². The molecule has 6 nitrogen and oxygen atoms in total. The molecular formula is C30H35N5OS2. The molecule has 198 valence electrons. The van der Waals surface area contributed by atoms with Gasteiger partial charge >= 0.3 is 0 Å². The summed E-state index contributed by atoms with van der Waals surface area (Å²) in [6.07, 6.45) is 2.00. The molecule has 1 aliphatic rings. The van der Waals surface area contributed by atoms with E-state index in [1.807, 2.05) is 52.1 Å². The zero-order valence-electron chi connectivity index (χ0n) is 22.7. The normalized spacial score (nSPS) is 14.7. The fraction of sp³-hybridized carbons (Fsp3) is 0.367. The molecule has 38 heavy (non-hydrogen) atoms. The average molecular weight is 546 g/mol. The van der Waals surface area contributed by atoms with Crippen LogP contribution in [0.5, 0.6) is 0 Å². The summed E-state index contributed by atoms with van der Waals surface area (Å²) in [5, 5.41) is 11.2. The van der Waals surface area contributed by atoms with Crippen molar-refractivity contribution in [2.45, 2.75) is 44.2 Å². The second kappa shape index (κ2) is 11.1. The van der Waals surface area contributed by atoms with E-state index >= 15 is 0 Å². The predicted molar refractivity (Wildman–Crippen MR) is 159 cm³/mol. The van der Waals surface area contributed by atoms with Crippen molar-refractivity contribution in [3.8, 4) is 20.9 Å². The van der Waals surface area contributed by atoms with Crippen LogP contribution in [0.15, 0.2) is 59.9 Å².